The molecule has 2 amide bonds. The van der Waals surface area contributed by atoms with Crippen molar-refractivity contribution in [3.63, 3.8) is 0 Å². The molecule has 1 N–H and O–H groups in total. The molecular formula is C23H22N2O3S. The summed E-state index contributed by atoms with van der Waals surface area (Å²) >= 11 is 1.38. The second-order valence-corrected chi connectivity index (χ2v) is 7.96. The maximum absolute atomic E-state index is 12.9. The number of amides is 2. The zero-order valence-electron chi connectivity index (χ0n) is 16.2. The molecule has 1 aliphatic heterocycles. The summed E-state index contributed by atoms with van der Waals surface area (Å²) in [6.07, 6.45) is 2.09. The Morgan fingerprint density at radius 2 is 1.76 bits per heavy atom. The van der Waals surface area contributed by atoms with E-state index in [1.165, 1.54) is 11.3 Å². The Morgan fingerprint density at radius 3 is 2.48 bits per heavy atom. The van der Waals surface area contributed by atoms with Gasteiger partial charge in [0, 0.05) is 29.2 Å². The molecule has 0 saturated carbocycles. The number of ether oxygens (including phenoxy) is 1. The van der Waals surface area contributed by atoms with Gasteiger partial charge in [-0.1, -0.05) is 36.4 Å². The number of nitrogens with zero attached hydrogens (tertiary/aromatic N) is 1. The van der Waals surface area contributed by atoms with Crippen LogP contribution in [0.25, 0.3) is 10.4 Å². The molecule has 4 rings (SSSR count). The highest BCUT2D eigenvalue weighted by Gasteiger charge is 2.21. The van der Waals surface area contributed by atoms with Gasteiger partial charge in [0.05, 0.1) is 7.11 Å². The molecule has 2 heterocycles. The van der Waals surface area contributed by atoms with Crippen LogP contribution in [-0.2, 0) is 0 Å². The van der Waals surface area contributed by atoms with Crippen LogP contribution in [0.5, 0.6) is 5.75 Å². The van der Waals surface area contributed by atoms with Crippen molar-refractivity contribution in [3.05, 3.63) is 71.1 Å². The average molecular weight is 407 g/mol. The first-order valence-corrected chi connectivity index (χ1v) is 10.4. The fourth-order valence-corrected chi connectivity index (χ4v) is 4.48. The van der Waals surface area contributed by atoms with Gasteiger partial charge in [-0.2, -0.15) is 0 Å². The van der Waals surface area contributed by atoms with Crippen LogP contribution in [0.3, 0.4) is 0 Å². The first-order chi connectivity index (χ1) is 14.2. The maximum Gasteiger partial charge on any atom is 0.269 e. The molecule has 1 fully saturated rings. The molecule has 0 aliphatic carbocycles. The summed E-state index contributed by atoms with van der Waals surface area (Å²) in [5.41, 5.74) is 2.22. The van der Waals surface area contributed by atoms with Gasteiger partial charge in [-0.3, -0.25) is 9.59 Å². The highest BCUT2D eigenvalue weighted by atomic mass is 32.1. The van der Waals surface area contributed by atoms with Crippen molar-refractivity contribution in [1.82, 2.24) is 4.90 Å². The number of methoxy groups -OCH3 is 1. The standard InChI is InChI=1S/C23H22N2O3S/c1-28-19-15-20(16-8-3-2-4-9-16)29-21(19)22(26)24-18-11-7-10-17(14-18)23(27)25-12-5-6-13-25/h2-4,7-11,14-15H,5-6,12-13H2,1H3,(H,24,26). The number of benzene rings is 2. The van der Waals surface area contributed by atoms with Crippen molar-refractivity contribution in [2.45, 2.75) is 12.8 Å². The molecule has 0 atom stereocenters. The lowest BCUT2D eigenvalue weighted by molar-refractivity contribution is 0.0792. The number of nitrogens with one attached hydrogen (secondary N) is 1. The fourth-order valence-electron chi connectivity index (χ4n) is 3.45. The first-order valence-electron chi connectivity index (χ1n) is 9.59. The number of rotatable bonds is 5. The lowest BCUT2D eigenvalue weighted by Gasteiger charge is -2.15. The molecule has 0 spiro atoms. The molecule has 1 saturated heterocycles. The topological polar surface area (TPSA) is 58.6 Å². The summed E-state index contributed by atoms with van der Waals surface area (Å²) in [4.78, 5) is 28.8. The summed E-state index contributed by atoms with van der Waals surface area (Å²) < 4.78 is 5.42. The molecule has 148 valence electrons. The Bertz CT molecular complexity index is 1020. The second kappa shape index (κ2) is 8.49. The molecular weight excluding hydrogens is 384 g/mol. The zero-order chi connectivity index (χ0) is 20.2. The van der Waals surface area contributed by atoms with Crippen molar-refractivity contribution < 1.29 is 14.3 Å². The Kier molecular flexibility index (Phi) is 5.62. The van der Waals surface area contributed by atoms with E-state index in [-0.39, 0.29) is 11.8 Å². The third-order valence-corrected chi connectivity index (χ3v) is 6.11. The van der Waals surface area contributed by atoms with Gasteiger partial charge in [0.2, 0.25) is 0 Å². The molecule has 0 unspecified atom stereocenters. The van der Waals surface area contributed by atoms with E-state index < -0.39 is 0 Å². The summed E-state index contributed by atoms with van der Waals surface area (Å²) in [6, 6.07) is 18.9. The normalized spacial score (nSPS) is 13.3. The Balaban J connectivity index is 1.54. The van der Waals surface area contributed by atoms with Gasteiger partial charge in [0.15, 0.2) is 0 Å². The predicted octanol–water partition coefficient (Wildman–Crippen LogP) is 4.91. The highest BCUT2D eigenvalue weighted by molar-refractivity contribution is 7.17. The number of carbonyl (C=O) groups excluding carboxylic acids is 2. The number of thiophene rings is 1. The van der Waals surface area contributed by atoms with Crippen LogP contribution in [0.2, 0.25) is 0 Å². The molecule has 3 aromatic rings. The Morgan fingerprint density at radius 1 is 1.00 bits per heavy atom. The number of likely N-dealkylation sites (tertiary alicyclic amines) is 1. The van der Waals surface area contributed by atoms with E-state index in [4.69, 9.17) is 4.74 Å². The van der Waals surface area contributed by atoms with Crippen LogP contribution in [-0.4, -0.2) is 36.9 Å². The van der Waals surface area contributed by atoms with Gasteiger partial charge in [0.1, 0.15) is 10.6 Å². The summed E-state index contributed by atoms with van der Waals surface area (Å²) in [6.45, 7) is 1.59. The van der Waals surface area contributed by atoms with Gasteiger partial charge in [-0.15, -0.1) is 11.3 Å². The van der Waals surface area contributed by atoms with Crippen molar-refractivity contribution >= 4 is 28.8 Å². The first kappa shape index (κ1) is 19.2. The van der Waals surface area contributed by atoms with Crippen molar-refractivity contribution in [3.8, 4) is 16.2 Å². The molecule has 1 aromatic heterocycles. The van der Waals surface area contributed by atoms with E-state index in [0.29, 0.717) is 21.9 Å². The third-order valence-electron chi connectivity index (χ3n) is 4.94. The maximum atomic E-state index is 12.9. The van der Waals surface area contributed by atoms with E-state index in [1.807, 2.05) is 41.3 Å². The minimum Gasteiger partial charge on any atom is -0.495 e. The van der Waals surface area contributed by atoms with E-state index >= 15 is 0 Å². The van der Waals surface area contributed by atoms with Crippen LogP contribution in [0.1, 0.15) is 32.9 Å². The van der Waals surface area contributed by atoms with Crippen LogP contribution in [0.4, 0.5) is 5.69 Å². The van der Waals surface area contributed by atoms with Gasteiger partial charge in [0.25, 0.3) is 11.8 Å². The fraction of sp³-hybridized carbons (Fsp3) is 0.217. The molecule has 6 heteroatoms. The minimum absolute atomic E-state index is 0.0127. The van der Waals surface area contributed by atoms with E-state index in [0.717, 1.165) is 36.4 Å². The van der Waals surface area contributed by atoms with Crippen LogP contribution >= 0.6 is 11.3 Å². The number of carbonyl (C=O) groups is 2. The van der Waals surface area contributed by atoms with Crippen LogP contribution in [0.15, 0.2) is 60.7 Å². The van der Waals surface area contributed by atoms with Gasteiger partial charge in [-0.25, -0.2) is 0 Å². The van der Waals surface area contributed by atoms with E-state index in [2.05, 4.69) is 5.32 Å². The van der Waals surface area contributed by atoms with Crippen molar-refractivity contribution in [2.75, 3.05) is 25.5 Å². The molecule has 0 radical (unpaired) electrons. The van der Waals surface area contributed by atoms with Crippen LogP contribution in [0, 0.1) is 0 Å². The Labute approximate surface area is 173 Å². The van der Waals surface area contributed by atoms with Gasteiger partial charge >= 0.3 is 0 Å². The second-order valence-electron chi connectivity index (χ2n) is 6.91. The minimum atomic E-state index is -0.250. The molecule has 2 aromatic carbocycles. The predicted molar refractivity (Wildman–Crippen MR) is 116 cm³/mol. The lowest BCUT2D eigenvalue weighted by Crippen LogP contribution is -2.27. The van der Waals surface area contributed by atoms with Gasteiger partial charge < -0.3 is 15.0 Å². The third kappa shape index (κ3) is 4.17. The number of anilines is 1. The highest BCUT2D eigenvalue weighted by Crippen LogP contribution is 2.36. The smallest absolute Gasteiger partial charge is 0.269 e. The summed E-state index contributed by atoms with van der Waals surface area (Å²) in [5, 5.41) is 2.90. The number of hydrogen-bond acceptors (Lipinski definition) is 4. The Hall–Kier alpha value is -3.12. The quantitative estimate of drug-likeness (QED) is 0.655. The monoisotopic (exact) mass is 406 g/mol. The van der Waals surface area contributed by atoms with E-state index in [9.17, 15) is 9.59 Å². The molecule has 5 nitrogen and oxygen atoms in total. The summed E-state index contributed by atoms with van der Waals surface area (Å²) in [5.74, 6) is 0.300. The lowest BCUT2D eigenvalue weighted by atomic mass is 10.1. The zero-order valence-corrected chi connectivity index (χ0v) is 17.0. The number of hydrogen-bond donors (Lipinski definition) is 1. The van der Waals surface area contributed by atoms with Crippen molar-refractivity contribution in [1.29, 1.82) is 0 Å². The largest absolute Gasteiger partial charge is 0.495 e. The van der Waals surface area contributed by atoms with E-state index in [1.54, 1.807) is 31.4 Å². The van der Waals surface area contributed by atoms with Crippen molar-refractivity contribution in [2.24, 2.45) is 0 Å². The van der Waals surface area contributed by atoms with Gasteiger partial charge in [-0.05, 0) is 42.7 Å². The molecule has 29 heavy (non-hydrogen) atoms. The summed E-state index contributed by atoms with van der Waals surface area (Å²) in [7, 11) is 1.56. The van der Waals surface area contributed by atoms with Crippen LogP contribution < -0.4 is 10.1 Å². The molecule has 0 bridgehead atoms. The average Bonchev–Trinajstić information content (AvgIpc) is 3.44. The molecule has 1 aliphatic rings. The SMILES string of the molecule is COc1cc(-c2ccccc2)sc1C(=O)Nc1cccc(C(=O)N2CCCC2)c1.